The van der Waals surface area contributed by atoms with Crippen LogP contribution in [-0.4, -0.2) is 22.4 Å². The van der Waals surface area contributed by atoms with E-state index in [0.717, 1.165) is 28.2 Å². The first-order valence-electron chi connectivity index (χ1n) is 9.67. The van der Waals surface area contributed by atoms with E-state index in [2.05, 4.69) is 10.3 Å². The van der Waals surface area contributed by atoms with Gasteiger partial charge in [0, 0.05) is 30.4 Å². The Hall–Kier alpha value is -3.67. The highest BCUT2D eigenvalue weighted by molar-refractivity contribution is 5.91. The number of nitrogens with zero attached hydrogens (tertiary/aromatic N) is 2. The molecule has 2 aromatic heterocycles. The standard InChI is InChI=1S/C24H22FN3O2/c1-16-5-4-12-28-22(15-26-24(16)28)21(17-6-3-7-20(13-17)30-2)14-23(29)27-19-10-8-18(25)9-11-19/h3-13,15,21H,14H2,1-2H3,(H,27,29). The molecule has 0 aliphatic rings. The lowest BCUT2D eigenvalue weighted by Crippen LogP contribution is -2.17. The molecule has 0 radical (unpaired) electrons. The number of aromatic nitrogens is 2. The number of halogens is 1. The van der Waals surface area contributed by atoms with E-state index in [1.165, 1.54) is 12.1 Å². The zero-order chi connectivity index (χ0) is 21.1. The van der Waals surface area contributed by atoms with Crippen molar-refractivity contribution in [2.45, 2.75) is 19.3 Å². The lowest BCUT2D eigenvalue weighted by atomic mass is 9.92. The van der Waals surface area contributed by atoms with Gasteiger partial charge in [-0.2, -0.15) is 0 Å². The summed E-state index contributed by atoms with van der Waals surface area (Å²) in [5, 5.41) is 2.85. The van der Waals surface area contributed by atoms with Crippen molar-refractivity contribution >= 4 is 17.2 Å². The van der Waals surface area contributed by atoms with Gasteiger partial charge in [-0.1, -0.05) is 18.2 Å². The quantitative estimate of drug-likeness (QED) is 0.496. The summed E-state index contributed by atoms with van der Waals surface area (Å²) in [6.07, 6.45) is 3.97. The molecular weight excluding hydrogens is 381 g/mol. The summed E-state index contributed by atoms with van der Waals surface area (Å²) in [6, 6.07) is 17.4. The Kier molecular flexibility index (Phi) is 5.48. The zero-order valence-electron chi connectivity index (χ0n) is 16.8. The fourth-order valence-corrected chi connectivity index (χ4v) is 3.61. The second-order valence-corrected chi connectivity index (χ2v) is 7.16. The predicted octanol–water partition coefficient (Wildman–Crippen LogP) is 4.95. The lowest BCUT2D eigenvalue weighted by molar-refractivity contribution is -0.116. The third-order valence-corrected chi connectivity index (χ3v) is 5.13. The normalized spacial score (nSPS) is 12.0. The molecule has 1 unspecified atom stereocenters. The van der Waals surface area contributed by atoms with Gasteiger partial charge in [0.25, 0.3) is 0 Å². The lowest BCUT2D eigenvalue weighted by Gasteiger charge is -2.18. The molecule has 1 N–H and O–H groups in total. The number of carbonyl (C=O) groups is 1. The number of carbonyl (C=O) groups excluding carboxylic acids is 1. The minimum Gasteiger partial charge on any atom is -0.497 e. The molecule has 0 saturated heterocycles. The number of imidazole rings is 1. The van der Waals surface area contributed by atoms with Crippen molar-refractivity contribution in [1.82, 2.24) is 9.38 Å². The number of ether oxygens (including phenoxy) is 1. The first kappa shape index (κ1) is 19.6. The molecule has 152 valence electrons. The average Bonchev–Trinajstić information content (AvgIpc) is 3.19. The van der Waals surface area contributed by atoms with Gasteiger partial charge < -0.3 is 14.5 Å². The number of rotatable bonds is 6. The summed E-state index contributed by atoms with van der Waals surface area (Å²) in [7, 11) is 1.62. The van der Waals surface area contributed by atoms with E-state index < -0.39 is 0 Å². The van der Waals surface area contributed by atoms with Crippen LogP contribution in [0.2, 0.25) is 0 Å². The van der Waals surface area contributed by atoms with Crippen molar-refractivity contribution in [2.75, 3.05) is 12.4 Å². The highest BCUT2D eigenvalue weighted by Crippen LogP contribution is 2.31. The molecule has 6 heteroatoms. The van der Waals surface area contributed by atoms with Crippen LogP contribution in [0.4, 0.5) is 10.1 Å². The summed E-state index contributed by atoms with van der Waals surface area (Å²) in [4.78, 5) is 17.4. The van der Waals surface area contributed by atoms with E-state index in [1.807, 2.05) is 60.1 Å². The summed E-state index contributed by atoms with van der Waals surface area (Å²) < 4.78 is 20.6. The van der Waals surface area contributed by atoms with Crippen LogP contribution in [0.5, 0.6) is 5.75 Å². The van der Waals surface area contributed by atoms with Crippen molar-refractivity contribution in [2.24, 2.45) is 0 Å². The molecule has 2 aromatic carbocycles. The van der Waals surface area contributed by atoms with Gasteiger partial charge in [0.1, 0.15) is 17.2 Å². The topological polar surface area (TPSA) is 55.6 Å². The highest BCUT2D eigenvalue weighted by atomic mass is 19.1. The fourth-order valence-electron chi connectivity index (χ4n) is 3.61. The van der Waals surface area contributed by atoms with Crippen LogP contribution in [0.15, 0.2) is 73.1 Å². The molecule has 0 bridgehead atoms. The van der Waals surface area contributed by atoms with Crippen molar-refractivity contribution in [3.63, 3.8) is 0 Å². The van der Waals surface area contributed by atoms with Gasteiger partial charge in [-0.25, -0.2) is 9.37 Å². The van der Waals surface area contributed by atoms with Crippen LogP contribution in [0.1, 0.15) is 29.2 Å². The maximum absolute atomic E-state index is 13.2. The molecular formula is C24H22FN3O2. The van der Waals surface area contributed by atoms with Crippen molar-refractivity contribution in [3.05, 3.63) is 95.7 Å². The van der Waals surface area contributed by atoms with Crippen molar-refractivity contribution < 1.29 is 13.9 Å². The molecule has 2 heterocycles. The van der Waals surface area contributed by atoms with Gasteiger partial charge in [0.05, 0.1) is 12.8 Å². The van der Waals surface area contributed by atoms with Crippen LogP contribution in [0, 0.1) is 12.7 Å². The summed E-state index contributed by atoms with van der Waals surface area (Å²) >= 11 is 0. The number of amides is 1. The molecule has 0 aliphatic heterocycles. The second kappa shape index (κ2) is 8.37. The third kappa shape index (κ3) is 4.03. The van der Waals surface area contributed by atoms with Gasteiger partial charge in [0.2, 0.25) is 5.91 Å². The minimum atomic E-state index is -0.344. The van der Waals surface area contributed by atoms with Gasteiger partial charge in [-0.15, -0.1) is 0 Å². The Balaban J connectivity index is 1.70. The summed E-state index contributed by atoms with van der Waals surface area (Å²) in [5.74, 6) is -0.0285. The largest absolute Gasteiger partial charge is 0.497 e. The Morgan fingerprint density at radius 3 is 2.73 bits per heavy atom. The fraction of sp³-hybridized carbons (Fsp3) is 0.167. The van der Waals surface area contributed by atoms with Crippen LogP contribution < -0.4 is 10.1 Å². The zero-order valence-corrected chi connectivity index (χ0v) is 16.8. The van der Waals surface area contributed by atoms with Crippen LogP contribution in [-0.2, 0) is 4.79 Å². The predicted molar refractivity (Wildman–Crippen MR) is 114 cm³/mol. The first-order chi connectivity index (χ1) is 14.5. The van der Waals surface area contributed by atoms with E-state index >= 15 is 0 Å². The van der Waals surface area contributed by atoms with Gasteiger partial charge in [-0.3, -0.25) is 4.79 Å². The Morgan fingerprint density at radius 1 is 1.17 bits per heavy atom. The van der Waals surface area contributed by atoms with Gasteiger partial charge >= 0.3 is 0 Å². The molecule has 5 nitrogen and oxygen atoms in total. The number of anilines is 1. The average molecular weight is 403 g/mol. The molecule has 30 heavy (non-hydrogen) atoms. The van der Waals surface area contributed by atoms with Crippen molar-refractivity contribution in [1.29, 1.82) is 0 Å². The molecule has 4 rings (SSSR count). The Morgan fingerprint density at radius 2 is 1.97 bits per heavy atom. The molecule has 4 aromatic rings. The second-order valence-electron chi connectivity index (χ2n) is 7.16. The van der Waals surface area contributed by atoms with Crippen LogP contribution in [0.25, 0.3) is 5.65 Å². The van der Waals surface area contributed by atoms with E-state index in [4.69, 9.17) is 4.74 Å². The number of aryl methyl sites for hydroxylation is 1. The Bertz CT molecular complexity index is 1180. The maximum Gasteiger partial charge on any atom is 0.225 e. The highest BCUT2D eigenvalue weighted by Gasteiger charge is 2.23. The van der Waals surface area contributed by atoms with Crippen LogP contribution in [0.3, 0.4) is 0 Å². The number of fused-ring (bicyclic) bond motifs is 1. The molecule has 0 saturated carbocycles. The number of hydrogen-bond donors (Lipinski definition) is 1. The summed E-state index contributed by atoms with van der Waals surface area (Å²) in [6.45, 7) is 2.01. The Labute approximate surface area is 174 Å². The maximum atomic E-state index is 13.2. The first-order valence-corrected chi connectivity index (χ1v) is 9.67. The minimum absolute atomic E-state index is 0.169. The van der Waals surface area contributed by atoms with Crippen molar-refractivity contribution in [3.8, 4) is 5.75 Å². The molecule has 0 fully saturated rings. The molecule has 0 spiro atoms. The monoisotopic (exact) mass is 403 g/mol. The number of benzene rings is 2. The van der Waals surface area contributed by atoms with Gasteiger partial charge in [0.15, 0.2) is 0 Å². The number of hydrogen-bond acceptors (Lipinski definition) is 3. The van der Waals surface area contributed by atoms with Gasteiger partial charge in [-0.05, 0) is 60.5 Å². The van der Waals surface area contributed by atoms with E-state index in [-0.39, 0.29) is 24.1 Å². The number of pyridine rings is 1. The van der Waals surface area contributed by atoms with E-state index in [1.54, 1.807) is 19.2 Å². The summed E-state index contributed by atoms with van der Waals surface area (Å²) in [5.41, 5.74) is 4.34. The van der Waals surface area contributed by atoms with E-state index in [9.17, 15) is 9.18 Å². The third-order valence-electron chi connectivity index (χ3n) is 5.13. The molecule has 1 atom stereocenters. The van der Waals surface area contributed by atoms with Crippen LogP contribution >= 0.6 is 0 Å². The smallest absolute Gasteiger partial charge is 0.225 e. The molecule has 0 aliphatic carbocycles. The van der Waals surface area contributed by atoms with E-state index in [0.29, 0.717) is 5.69 Å². The SMILES string of the molecule is COc1cccc(C(CC(=O)Nc2ccc(F)cc2)c2cnc3c(C)cccn23)c1. The number of nitrogens with one attached hydrogen (secondary N) is 1. The molecule has 1 amide bonds. The number of methoxy groups -OCH3 is 1.